The van der Waals surface area contributed by atoms with Crippen molar-refractivity contribution in [2.75, 3.05) is 31.6 Å². The van der Waals surface area contributed by atoms with Gasteiger partial charge >= 0.3 is 5.97 Å². The number of rotatable bonds is 12. The summed E-state index contributed by atoms with van der Waals surface area (Å²) in [6.07, 6.45) is 9.65. The van der Waals surface area contributed by atoms with Crippen LogP contribution in [-0.4, -0.2) is 92.4 Å². The van der Waals surface area contributed by atoms with E-state index >= 15 is 0 Å². The smallest absolute Gasteiger partial charge is 0.326 e. The molecule has 2 aliphatic heterocycles. The Hall–Kier alpha value is -2.07. The number of carbonyl (C=O) groups excluding carboxylic acids is 2. The second kappa shape index (κ2) is 12.6. The van der Waals surface area contributed by atoms with Gasteiger partial charge in [-0.05, 0) is 49.7 Å². The number of H-pyrrole nitrogens is 1. The lowest BCUT2D eigenvalue weighted by Crippen LogP contribution is -2.54. The molecule has 2 saturated heterocycles. The number of nitrogens with one attached hydrogen (secondary N) is 2. The van der Waals surface area contributed by atoms with Gasteiger partial charge in [0.15, 0.2) is 0 Å². The molecule has 0 spiro atoms. The first-order valence-corrected chi connectivity index (χ1v) is 13.8. The van der Waals surface area contributed by atoms with E-state index in [0.29, 0.717) is 24.6 Å². The van der Waals surface area contributed by atoms with Crippen LogP contribution in [0.3, 0.4) is 0 Å². The van der Waals surface area contributed by atoms with E-state index in [0.717, 1.165) is 44.5 Å². The molecule has 0 radical (unpaired) electrons. The second-order valence-electron chi connectivity index (χ2n) is 9.43. The first-order valence-electron chi connectivity index (χ1n) is 12.4. The molecule has 3 rings (SSSR count). The first-order chi connectivity index (χ1) is 16.4. The Morgan fingerprint density at radius 1 is 1.24 bits per heavy atom. The number of carboxylic acid groups (broad SMARTS) is 1. The molecular formula is C24H39N5O4S. The second-order valence-corrected chi connectivity index (χ2v) is 10.4. The van der Waals surface area contributed by atoms with Crippen molar-refractivity contribution in [2.45, 2.75) is 70.5 Å². The number of amides is 2. The van der Waals surface area contributed by atoms with Crippen molar-refractivity contribution in [1.82, 2.24) is 25.1 Å². The molecular weight excluding hydrogens is 454 g/mol. The van der Waals surface area contributed by atoms with Gasteiger partial charge in [-0.25, -0.2) is 9.78 Å². The summed E-state index contributed by atoms with van der Waals surface area (Å²) in [4.78, 5) is 49.5. The van der Waals surface area contributed by atoms with E-state index in [1.54, 1.807) is 24.3 Å². The molecule has 1 aromatic heterocycles. The molecule has 9 nitrogen and oxygen atoms in total. The van der Waals surface area contributed by atoms with Crippen LogP contribution in [0.15, 0.2) is 12.5 Å². The number of nitrogens with zero attached hydrogens (tertiary/aromatic N) is 3. The normalized spacial score (nSPS) is 26.0. The highest BCUT2D eigenvalue weighted by molar-refractivity contribution is 7.98. The number of aliphatic carboxylic acids is 1. The lowest BCUT2D eigenvalue weighted by Gasteiger charge is -2.35. The third kappa shape index (κ3) is 6.33. The Morgan fingerprint density at radius 2 is 1.97 bits per heavy atom. The summed E-state index contributed by atoms with van der Waals surface area (Å²) in [5.74, 6) is 0.139. The minimum Gasteiger partial charge on any atom is -0.480 e. The van der Waals surface area contributed by atoms with Crippen molar-refractivity contribution < 1.29 is 19.5 Å². The zero-order chi connectivity index (χ0) is 24.7. The molecule has 0 aromatic carbocycles. The molecule has 2 fully saturated rings. The molecule has 3 N–H and O–H groups in total. The fourth-order valence-corrected chi connectivity index (χ4v) is 6.00. The molecule has 2 unspecified atom stereocenters. The number of carboxylic acids is 1. The predicted molar refractivity (Wildman–Crippen MR) is 133 cm³/mol. The van der Waals surface area contributed by atoms with Crippen LogP contribution < -0.4 is 5.32 Å². The zero-order valence-corrected chi connectivity index (χ0v) is 21.4. The SMILES string of the molecule is CC[C@H]1CCN(C[C@@H]2[C@@H](CC)CCN2C(=O)Cc2c[nH]cn2)C1C(=O)NC(CCSC)C(=O)O. The largest absolute Gasteiger partial charge is 0.480 e. The molecule has 0 bridgehead atoms. The van der Waals surface area contributed by atoms with Gasteiger partial charge in [0.2, 0.25) is 11.8 Å². The maximum atomic E-state index is 13.3. The Kier molecular flexibility index (Phi) is 9.82. The summed E-state index contributed by atoms with van der Waals surface area (Å²) in [7, 11) is 0. The summed E-state index contributed by atoms with van der Waals surface area (Å²) in [5.41, 5.74) is 0.734. The van der Waals surface area contributed by atoms with Crippen molar-refractivity contribution >= 4 is 29.5 Å². The van der Waals surface area contributed by atoms with Crippen LogP contribution >= 0.6 is 11.8 Å². The van der Waals surface area contributed by atoms with Gasteiger partial charge in [0.05, 0.1) is 24.5 Å². The van der Waals surface area contributed by atoms with Crippen molar-refractivity contribution in [1.29, 1.82) is 0 Å². The molecule has 0 aliphatic carbocycles. The number of thioether (sulfide) groups is 1. The van der Waals surface area contributed by atoms with Crippen molar-refractivity contribution in [3.63, 3.8) is 0 Å². The minimum absolute atomic E-state index is 0.0501. The Labute approximate surface area is 206 Å². The summed E-state index contributed by atoms with van der Waals surface area (Å²) in [5, 5.41) is 12.4. The van der Waals surface area contributed by atoms with E-state index in [1.165, 1.54) is 0 Å². The van der Waals surface area contributed by atoms with Crippen LogP contribution in [0.4, 0.5) is 0 Å². The zero-order valence-electron chi connectivity index (χ0n) is 20.5. The number of likely N-dealkylation sites (tertiary alicyclic amines) is 2. The van der Waals surface area contributed by atoms with Crippen LogP contribution in [0.2, 0.25) is 0 Å². The Bertz CT molecular complexity index is 820. The van der Waals surface area contributed by atoms with Gasteiger partial charge in [-0.1, -0.05) is 26.7 Å². The minimum atomic E-state index is -0.989. The maximum absolute atomic E-state index is 13.3. The van der Waals surface area contributed by atoms with Gasteiger partial charge in [-0.15, -0.1) is 0 Å². The Balaban J connectivity index is 1.72. The van der Waals surface area contributed by atoms with E-state index in [2.05, 4.69) is 34.0 Å². The van der Waals surface area contributed by atoms with Crippen LogP contribution in [0.5, 0.6) is 0 Å². The number of imidazole rings is 1. The number of hydrogen-bond acceptors (Lipinski definition) is 6. The van der Waals surface area contributed by atoms with E-state index in [-0.39, 0.29) is 36.2 Å². The van der Waals surface area contributed by atoms with Gasteiger partial charge in [0.1, 0.15) is 6.04 Å². The highest BCUT2D eigenvalue weighted by Gasteiger charge is 2.44. The van der Waals surface area contributed by atoms with E-state index in [4.69, 9.17) is 0 Å². The molecule has 2 aliphatic rings. The third-order valence-electron chi connectivity index (χ3n) is 7.48. The number of aromatic nitrogens is 2. The van der Waals surface area contributed by atoms with E-state index in [1.807, 2.05) is 11.2 Å². The van der Waals surface area contributed by atoms with Crippen molar-refractivity contribution in [2.24, 2.45) is 11.8 Å². The fourth-order valence-electron chi connectivity index (χ4n) is 5.52. The number of aromatic amines is 1. The van der Waals surface area contributed by atoms with Gasteiger partial charge in [-0.3, -0.25) is 14.5 Å². The Morgan fingerprint density at radius 3 is 2.59 bits per heavy atom. The van der Waals surface area contributed by atoms with Crippen LogP contribution in [0.1, 0.15) is 51.6 Å². The van der Waals surface area contributed by atoms with Gasteiger partial charge < -0.3 is 20.3 Å². The lowest BCUT2D eigenvalue weighted by atomic mass is 9.94. The van der Waals surface area contributed by atoms with Crippen LogP contribution in [-0.2, 0) is 20.8 Å². The predicted octanol–water partition coefficient (Wildman–Crippen LogP) is 2.00. The summed E-state index contributed by atoms with van der Waals surface area (Å²) in [6.45, 7) is 6.39. The van der Waals surface area contributed by atoms with Gasteiger partial charge in [-0.2, -0.15) is 11.8 Å². The van der Waals surface area contributed by atoms with Gasteiger partial charge in [0.25, 0.3) is 0 Å². The lowest BCUT2D eigenvalue weighted by molar-refractivity contribution is -0.143. The van der Waals surface area contributed by atoms with Crippen LogP contribution in [0, 0.1) is 11.8 Å². The summed E-state index contributed by atoms with van der Waals surface area (Å²) < 4.78 is 0. The maximum Gasteiger partial charge on any atom is 0.326 e. The highest BCUT2D eigenvalue weighted by atomic mass is 32.2. The number of carbonyl (C=O) groups is 3. The molecule has 1 aromatic rings. The molecule has 10 heteroatoms. The molecule has 0 saturated carbocycles. The molecule has 3 heterocycles. The van der Waals surface area contributed by atoms with Crippen LogP contribution in [0.25, 0.3) is 0 Å². The average molecular weight is 494 g/mol. The molecule has 5 atom stereocenters. The van der Waals surface area contributed by atoms with Crippen molar-refractivity contribution in [3.05, 3.63) is 18.2 Å². The number of hydrogen-bond donors (Lipinski definition) is 3. The highest BCUT2D eigenvalue weighted by Crippen LogP contribution is 2.33. The van der Waals surface area contributed by atoms with E-state index < -0.39 is 12.0 Å². The quantitative estimate of drug-likeness (QED) is 0.407. The average Bonchev–Trinajstić information content (AvgIpc) is 3.56. The van der Waals surface area contributed by atoms with Crippen molar-refractivity contribution in [3.8, 4) is 0 Å². The molecule has 190 valence electrons. The summed E-state index contributed by atoms with van der Waals surface area (Å²) in [6, 6.07) is -1.18. The first kappa shape index (κ1) is 26.5. The monoisotopic (exact) mass is 493 g/mol. The topological polar surface area (TPSA) is 119 Å². The van der Waals surface area contributed by atoms with E-state index in [9.17, 15) is 19.5 Å². The molecule has 34 heavy (non-hydrogen) atoms. The third-order valence-corrected chi connectivity index (χ3v) is 8.13. The fraction of sp³-hybridized carbons (Fsp3) is 0.750. The van der Waals surface area contributed by atoms with Gasteiger partial charge in [0, 0.05) is 25.3 Å². The standard InChI is InChI=1S/C24H39N5O4S/c1-4-16-7-10-29(21(30)12-18-13-25-15-26-18)20(16)14-28-9-6-17(5-2)22(28)23(31)27-19(24(32)33)8-11-34-3/h13,15-17,19-20,22H,4-12,14H2,1-3H3,(H,25,26)(H,27,31)(H,32,33)/t16-,17-,19?,20+,22?/m0/s1. The molecule has 2 amide bonds. The summed E-state index contributed by atoms with van der Waals surface area (Å²) >= 11 is 1.57.